The lowest BCUT2D eigenvalue weighted by Crippen LogP contribution is -2.31. The largest absolute Gasteiger partial charge is 0.416 e. The van der Waals surface area contributed by atoms with Gasteiger partial charge in [0, 0.05) is 30.4 Å². The predicted octanol–water partition coefficient (Wildman–Crippen LogP) is 4.51. The fourth-order valence-electron chi connectivity index (χ4n) is 4.06. The van der Waals surface area contributed by atoms with Crippen LogP contribution in [0.5, 0.6) is 0 Å². The van der Waals surface area contributed by atoms with Gasteiger partial charge in [-0.3, -0.25) is 9.59 Å². The van der Waals surface area contributed by atoms with Crippen LogP contribution in [0.2, 0.25) is 0 Å². The number of carbonyl (C=O) groups excluding carboxylic acids is 1. The molecule has 0 saturated carbocycles. The maximum absolute atomic E-state index is 13.0. The van der Waals surface area contributed by atoms with Crippen LogP contribution in [0.15, 0.2) is 70.5 Å². The minimum atomic E-state index is -4.46. The van der Waals surface area contributed by atoms with Gasteiger partial charge in [-0.15, -0.1) is 0 Å². The molecule has 0 unspecified atom stereocenters. The Morgan fingerprint density at radius 1 is 0.971 bits per heavy atom. The molecular weight excluding hydrogens is 481 g/mol. The van der Waals surface area contributed by atoms with Gasteiger partial charge in [-0.1, -0.05) is 36.4 Å². The summed E-state index contributed by atoms with van der Waals surface area (Å²) in [4.78, 5) is 25.4. The molecule has 1 saturated heterocycles. The number of benzene rings is 2. The first-order chi connectivity index (χ1) is 16.5. The molecule has 3 aromatic rings. The summed E-state index contributed by atoms with van der Waals surface area (Å²) in [6.45, 7) is 1.96. The molecule has 1 aliphatic rings. The SMILES string of the molecule is Cc1cc(S(=O)(=O)N2CCCC2)cn(CC(=O)c2ccc(-c3cccc(C(F)(F)F)c3)cc2)c1=O. The third kappa shape index (κ3) is 5.23. The van der Waals surface area contributed by atoms with E-state index in [2.05, 4.69) is 0 Å². The van der Waals surface area contributed by atoms with Gasteiger partial charge < -0.3 is 4.57 Å². The highest BCUT2D eigenvalue weighted by atomic mass is 32.2. The molecule has 10 heteroatoms. The van der Waals surface area contributed by atoms with Crippen molar-refractivity contribution in [3.05, 3.63) is 87.8 Å². The number of Topliss-reactive ketones (excluding diaryl/α,β-unsaturated/α-hetero) is 1. The van der Waals surface area contributed by atoms with E-state index in [0.29, 0.717) is 24.2 Å². The Bertz CT molecular complexity index is 1420. The molecule has 0 radical (unpaired) electrons. The van der Waals surface area contributed by atoms with Gasteiger partial charge in [0.25, 0.3) is 5.56 Å². The fourth-order valence-corrected chi connectivity index (χ4v) is 5.68. The molecule has 0 N–H and O–H groups in total. The van der Waals surface area contributed by atoms with Crippen LogP contribution in [-0.2, 0) is 22.7 Å². The van der Waals surface area contributed by atoms with E-state index in [1.807, 2.05) is 0 Å². The van der Waals surface area contributed by atoms with Crippen LogP contribution >= 0.6 is 0 Å². The van der Waals surface area contributed by atoms with Crippen LogP contribution in [0.4, 0.5) is 13.2 Å². The van der Waals surface area contributed by atoms with Crippen molar-refractivity contribution in [2.24, 2.45) is 0 Å². The molecule has 35 heavy (non-hydrogen) atoms. The number of rotatable bonds is 6. The first kappa shape index (κ1) is 24.9. The molecule has 1 fully saturated rings. The van der Waals surface area contributed by atoms with E-state index in [-0.39, 0.29) is 22.6 Å². The van der Waals surface area contributed by atoms with Crippen molar-refractivity contribution in [2.75, 3.05) is 13.1 Å². The molecular formula is C25H23F3N2O4S. The molecule has 0 amide bonds. The van der Waals surface area contributed by atoms with Crippen molar-refractivity contribution in [2.45, 2.75) is 37.4 Å². The van der Waals surface area contributed by atoms with Gasteiger partial charge >= 0.3 is 6.18 Å². The lowest BCUT2D eigenvalue weighted by Gasteiger charge is -2.17. The maximum atomic E-state index is 13.0. The summed E-state index contributed by atoms with van der Waals surface area (Å²) >= 11 is 0. The van der Waals surface area contributed by atoms with E-state index >= 15 is 0 Å². The quantitative estimate of drug-likeness (QED) is 0.463. The van der Waals surface area contributed by atoms with E-state index in [1.54, 1.807) is 6.07 Å². The van der Waals surface area contributed by atoms with Crippen LogP contribution < -0.4 is 5.56 Å². The average Bonchev–Trinajstić information content (AvgIpc) is 3.37. The lowest BCUT2D eigenvalue weighted by molar-refractivity contribution is -0.137. The molecule has 2 heterocycles. The summed E-state index contributed by atoms with van der Waals surface area (Å²) < 4.78 is 67.3. The van der Waals surface area contributed by atoms with E-state index < -0.39 is 33.1 Å². The second kappa shape index (κ2) is 9.43. The van der Waals surface area contributed by atoms with Crippen molar-refractivity contribution in [3.8, 4) is 11.1 Å². The Kier molecular flexibility index (Phi) is 6.70. The topological polar surface area (TPSA) is 76.5 Å². The van der Waals surface area contributed by atoms with Crippen molar-refractivity contribution in [1.82, 2.24) is 8.87 Å². The van der Waals surface area contributed by atoms with Gasteiger partial charge in [0.05, 0.1) is 17.0 Å². The third-order valence-corrected chi connectivity index (χ3v) is 7.85. The predicted molar refractivity (Wildman–Crippen MR) is 125 cm³/mol. The molecule has 0 bridgehead atoms. The van der Waals surface area contributed by atoms with Gasteiger partial charge in [-0.2, -0.15) is 17.5 Å². The van der Waals surface area contributed by atoms with Crippen molar-refractivity contribution in [3.63, 3.8) is 0 Å². The Hall–Kier alpha value is -3.24. The minimum Gasteiger partial charge on any atom is -0.306 e. The summed E-state index contributed by atoms with van der Waals surface area (Å²) in [7, 11) is -3.77. The molecule has 4 rings (SSSR count). The van der Waals surface area contributed by atoms with Crippen LogP contribution in [0.3, 0.4) is 0 Å². The number of carbonyl (C=O) groups is 1. The summed E-state index contributed by atoms with van der Waals surface area (Å²) in [6.07, 6.45) is -1.73. The molecule has 0 atom stereocenters. The summed E-state index contributed by atoms with van der Waals surface area (Å²) in [5.41, 5.74) is 0.0638. The number of sulfonamides is 1. The zero-order valence-corrected chi connectivity index (χ0v) is 19.7. The second-order valence-electron chi connectivity index (χ2n) is 8.48. The molecule has 1 aromatic heterocycles. The zero-order chi connectivity index (χ0) is 25.4. The lowest BCUT2D eigenvalue weighted by atomic mass is 10.0. The van der Waals surface area contributed by atoms with Gasteiger partial charge in [-0.25, -0.2) is 8.42 Å². The number of ketones is 1. The number of pyridine rings is 1. The highest BCUT2D eigenvalue weighted by molar-refractivity contribution is 7.89. The maximum Gasteiger partial charge on any atom is 0.416 e. The Morgan fingerprint density at radius 3 is 2.26 bits per heavy atom. The monoisotopic (exact) mass is 504 g/mol. The highest BCUT2D eigenvalue weighted by Gasteiger charge is 2.30. The third-order valence-electron chi connectivity index (χ3n) is 5.99. The fraction of sp³-hybridized carbons (Fsp3) is 0.280. The summed E-state index contributed by atoms with van der Waals surface area (Å²) in [5, 5.41) is 0. The highest BCUT2D eigenvalue weighted by Crippen LogP contribution is 2.32. The Labute approximate surface area is 200 Å². The Balaban J connectivity index is 1.58. The first-order valence-corrected chi connectivity index (χ1v) is 12.4. The van der Waals surface area contributed by atoms with Crippen molar-refractivity contribution < 1.29 is 26.4 Å². The number of hydrogen-bond donors (Lipinski definition) is 0. The normalized spacial score (nSPS) is 14.9. The number of hydrogen-bond acceptors (Lipinski definition) is 4. The van der Waals surface area contributed by atoms with Crippen molar-refractivity contribution >= 4 is 15.8 Å². The average molecular weight is 505 g/mol. The van der Waals surface area contributed by atoms with Gasteiger partial charge in [0.1, 0.15) is 0 Å². The van der Waals surface area contributed by atoms with Crippen LogP contribution in [0.25, 0.3) is 11.1 Å². The Morgan fingerprint density at radius 2 is 1.63 bits per heavy atom. The standard InChI is InChI=1S/C25H23F3N2O4S/c1-17-13-22(35(33,34)30-11-2-3-12-30)15-29(24(17)32)16-23(31)19-9-7-18(8-10-19)20-5-4-6-21(14-20)25(26,27)28/h4-10,13-15H,2-3,11-12,16H2,1H3. The molecule has 6 nitrogen and oxygen atoms in total. The molecule has 1 aliphatic heterocycles. The smallest absolute Gasteiger partial charge is 0.306 e. The van der Waals surface area contributed by atoms with Crippen molar-refractivity contribution in [1.29, 1.82) is 0 Å². The van der Waals surface area contributed by atoms with E-state index in [9.17, 15) is 31.2 Å². The van der Waals surface area contributed by atoms with Crippen LogP contribution in [0, 0.1) is 6.92 Å². The van der Waals surface area contributed by atoms with Gasteiger partial charge in [0.2, 0.25) is 10.0 Å². The number of aromatic nitrogens is 1. The first-order valence-electron chi connectivity index (χ1n) is 11.0. The van der Waals surface area contributed by atoms with E-state index in [1.165, 1.54) is 53.8 Å². The second-order valence-corrected chi connectivity index (χ2v) is 10.4. The molecule has 0 spiro atoms. The number of alkyl halides is 3. The number of halogens is 3. The number of aryl methyl sites for hydroxylation is 1. The minimum absolute atomic E-state index is 0.0378. The van der Waals surface area contributed by atoms with E-state index in [4.69, 9.17) is 0 Å². The van der Waals surface area contributed by atoms with Crippen LogP contribution in [0.1, 0.15) is 34.3 Å². The summed E-state index contributed by atoms with van der Waals surface area (Å²) in [6, 6.07) is 12.2. The summed E-state index contributed by atoms with van der Waals surface area (Å²) in [5.74, 6) is -0.433. The zero-order valence-electron chi connectivity index (χ0n) is 18.9. The molecule has 184 valence electrons. The molecule has 0 aliphatic carbocycles. The number of nitrogens with zero attached hydrogens (tertiary/aromatic N) is 2. The van der Waals surface area contributed by atoms with Gasteiger partial charge in [-0.05, 0) is 49.1 Å². The van der Waals surface area contributed by atoms with Gasteiger partial charge in [0.15, 0.2) is 5.78 Å². The van der Waals surface area contributed by atoms with E-state index in [0.717, 1.165) is 29.5 Å². The molecule has 2 aromatic carbocycles. The van der Waals surface area contributed by atoms with Crippen LogP contribution in [-0.4, -0.2) is 36.2 Å².